The number of carbonyl (C=O) groups excluding carboxylic acids is 1. The number of hydrogen-bond acceptors (Lipinski definition) is 5. The molecule has 4 aliphatic rings. The number of phenolic OH excluding ortho intramolecular Hbond substituents is 1. The van der Waals surface area contributed by atoms with Crippen LogP contribution >= 0.6 is 0 Å². The average molecular weight is 426 g/mol. The maximum absolute atomic E-state index is 13.0. The molecule has 2 aliphatic carbocycles. The van der Waals surface area contributed by atoms with Crippen molar-refractivity contribution in [3.05, 3.63) is 35.4 Å². The largest absolute Gasteiger partial charge is 0.504 e. The number of ether oxygens (including phenoxy) is 2. The molecule has 3 fully saturated rings. The van der Waals surface area contributed by atoms with Gasteiger partial charge in [-0.15, -0.1) is 0 Å². The Kier molecular flexibility index (Phi) is 5.08. The van der Waals surface area contributed by atoms with Crippen LogP contribution in [-0.4, -0.2) is 42.3 Å². The first-order valence-electron chi connectivity index (χ1n) is 11.8. The number of methoxy groups -OCH3 is 1. The van der Waals surface area contributed by atoms with Crippen LogP contribution in [0.4, 0.5) is 0 Å². The van der Waals surface area contributed by atoms with Gasteiger partial charge in [0.1, 0.15) is 6.10 Å². The lowest BCUT2D eigenvalue weighted by Crippen LogP contribution is -2.46. The summed E-state index contributed by atoms with van der Waals surface area (Å²) in [6.07, 6.45) is 6.52. The fourth-order valence-corrected chi connectivity index (χ4v) is 7.02. The van der Waals surface area contributed by atoms with Crippen molar-refractivity contribution < 1.29 is 19.4 Å². The van der Waals surface area contributed by atoms with Gasteiger partial charge in [0, 0.05) is 25.0 Å². The van der Waals surface area contributed by atoms with Crippen LogP contribution in [0.2, 0.25) is 0 Å². The topological polar surface area (TPSA) is 59.0 Å². The quantitative estimate of drug-likeness (QED) is 0.565. The van der Waals surface area contributed by atoms with Gasteiger partial charge >= 0.3 is 5.97 Å². The highest BCUT2D eigenvalue weighted by molar-refractivity contribution is 5.75. The monoisotopic (exact) mass is 425 g/mol. The van der Waals surface area contributed by atoms with E-state index in [1.165, 1.54) is 29.5 Å². The van der Waals surface area contributed by atoms with E-state index >= 15 is 0 Å². The van der Waals surface area contributed by atoms with E-state index in [9.17, 15) is 9.90 Å². The molecule has 1 aromatic rings. The van der Waals surface area contributed by atoms with Gasteiger partial charge in [0.05, 0.1) is 13.0 Å². The summed E-state index contributed by atoms with van der Waals surface area (Å²) in [5, 5.41) is 10.1. The number of hydrogen-bond donors (Lipinski definition) is 1. The van der Waals surface area contributed by atoms with Crippen LogP contribution in [0, 0.1) is 23.2 Å². The lowest BCUT2D eigenvalue weighted by molar-refractivity contribution is -0.146. The molecule has 1 N–H and O–H groups in total. The molecule has 0 amide bonds. The highest BCUT2D eigenvalue weighted by Crippen LogP contribution is 2.57. The molecule has 5 heteroatoms. The summed E-state index contributed by atoms with van der Waals surface area (Å²) in [6.45, 7) is 10.6. The van der Waals surface area contributed by atoms with Gasteiger partial charge in [-0.2, -0.15) is 0 Å². The van der Waals surface area contributed by atoms with Crippen molar-refractivity contribution in [3.63, 3.8) is 0 Å². The van der Waals surface area contributed by atoms with Gasteiger partial charge in [-0.05, 0) is 80.0 Å². The first kappa shape index (κ1) is 20.9. The Balaban J connectivity index is 1.36. The van der Waals surface area contributed by atoms with Crippen LogP contribution < -0.4 is 4.74 Å². The van der Waals surface area contributed by atoms with E-state index in [1.807, 2.05) is 12.1 Å². The van der Waals surface area contributed by atoms with E-state index in [1.54, 1.807) is 7.11 Å². The molecule has 1 aromatic carbocycles. The number of carbonyl (C=O) groups is 1. The molecule has 6 atom stereocenters. The third-order valence-electron chi connectivity index (χ3n) is 8.86. The molecule has 0 bridgehead atoms. The van der Waals surface area contributed by atoms with E-state index < -0.39 is 0 Å². The highest BCUT2D eigenvalue weighted by Gasteiger charge is 2.55. The zero-order chi connectivity index (χ0) is 21.9. The predicted octanol–water partition coefficient (Wildman–Crippen LogP) is 4.63. The van der Waals surface area contributed by atoms with Crippen LogP contribution in [0.15, 0.2) is 24.3 Å². The summed E-state index contributed by atoms with van der Waals surface area (Å²) in [4.78, 5) is 15.4. The second kappa shape index (κ2) is 7.54. The Labute approximate surface area is 185 Å². The van der Waals surface area contributed by atoms with Gasteiger partial charge in [0.25, 0.3) is 0 Å². The van der Waals surface area contributed by atoms with Crippen LogP contribution in [-0.2, 0) is 16.0 Å². The summed E-state index contributed by atoms with van der Waals surface area (Å²) in [6, 6.07) is 3.96. The summed E-state index contributed by atoms with van der Waals surface area (Å²) in [7, 11) is 1.58. The Morgan fingerprint density at radius 3 is 2.94 bits per heavy atom. The Morgan fingerprint density at radius 2 is 2.16 bits per heavy atom. The highest BCUT2D eigenvalue weighted by atomic mass is 16.6. The number of fused-ring (bicyclic) bond motifs is 3. The van der Waals surface area contributed by atoms with E-state index in [2.05, 4.69) is 25.3 Å². The first-order valence-corrected chi connectivity index (χ1v) is 11.8. The Morgan fingerprint density at radius 1 is 1.35 bits per heavy atom. The maximum atomic E-state index is 13.0. The van der Waals surface area contributed by atoms with Crippen LogP contribution in [0.1, 0.15) is 63.1 Å². The van der Waals surface area contributed by atoms with Crippen LogP contribution in [0.25, 0.3) is 0 Å². The molecular formula is C26H35NO4. The minimum Gasteiger partial charge on any atom is -0.504 e. The molecule has 5 rings (SSSR count). The van der Waals surface area contributed by atoms with Gasteiger partial charge in [-0.25, -0.2) is 0 Å². The summed E-state index contributed by atoms with van der Waals surface area (Å²) < 4.78 is 11.3. The molecule has 168 valence electrons. The fourth-order valence-electron chi connectivity index (χ4n) is 7.02. The van der Waals surface area contributed by atoms with Crippen molar-refractivity contribution in [2.75, 3.05) is 20.2 Å². The molecule has 2 aliphatic heterocycles. The van der Waals surface area contributed by atoms with Crippen molar-refractivity contribution in [1.82, 2.24) is 4.90 Å². The third-order valence-corrected chi connectivity index (χ3v) is 8.86. The molecular weight excluding hydrogens is 390 g/mol. The average Bonchev–Trinajstić information content (AvgIpc) is 3.02. The third kappa shape index (κ3) is 3.36. The minimum absolute atomic E-state index is 0.0101. The molecule has 5 nitrogen and oxygen atoms in total. The molecule has 2 saturated carbocycles. The molecule has 0 aromatic heterocycles. The fraction of sp³-hybridized carbons (Fsp3) is 0.654. The van der Waals surface area contributed by atoms with Crippen molar-refractivity contribution in [2.45, 2.75) is 64.5 Å². The zero-order valence-electron chi connectivity index (χ0n) is 19.0. The maximum Gasteiger partial charge on any atom is 0.310 e. The smallest absolute Gasteiger partial charge is 0.310 e. The summed E-state index contributed by atoms with van der Waals surface area (Å²) in [5.41, 5.74) is 3.97. The second-order valence-corrected chi connectivity index (χ2v) is 10.5. The molecule has 2 heterocycles. The number of aromatic hydroxyl groups is 1. The number of benzene rings is 1. The number of esters is 1. The normalized spacial score (nSPS) is 37.6. The Hall–Kier alpha value is -2.01. The predicted molar refractivity (Wildman–Crippen MR) is 119 cm³/mol. The molecule has 31 heavy (non-hydrogen) atoms. The van der Waals surface area contributed by atoms with Gasteiger partial charge < -0.3 is 14.6 Å². The van der Waals surface area contributed by atoms with Crippen LogP contribution in [0.5, 0.6) is 11.5 Å². The minimum atomic E-state index is -0.0627. The van der Waals surface area contributed by atoms with Crippen molar-refractivity contribution in [1.29, 1.82) is 0 Å². The molecule has 0 spiro atoms. The SMILES string of the molecule is C=C1CCC[C@]2(C)C[C@H]3OC(=O)[C@H](CN4CCc5cc(O)c(OC)cc5[C@H]4C)[C@H]3C[C@H]12. The van der Waals surface area contributed by atoms with Gasteiger partial charge in [-0.1, -0.05) is 19.1 Å². The van der Waals surface area contributed by atoms with Crippen molar-refractivity contribution in [2.24, 2.45) is 23.2 Å². The summed E-state index contributed by atoms with van der Waals surface area (Å²) >= 11 is 0. The van der Waals surface area contributed by atoms with E-state index in [-0.39, 0.29) is 35.2 Å². The van der Waals surface area contributed by atoms with Gasteiger partial charge in [0.15, 0.2) is 11.5 Å². The first-order chi connectivity index (χ1) is 14.8. The number of allylic oxidation sites excluding steroid dienone is 1. The lowest BCUT2D eigenvalue weighted by atomic mass is 9.55. The standard InChI is InChI=1S/C26H35NO4/c1-15-6-5-8-26(3)13-24-19(11-21(15)26)20(25(29)31-24)14-27-9-7-17-10-22(28)23(30-4)12-18(17)16(27)2/h10,12,16,19-21,24,28H,1,5-9,11,13-14H2,2-4H3/t16-,19-,20-,21-,24-,26-/m1/s1. The van der Waals surface area contributed by atoms with Gasteiger partial charge in [-0.3, -0.25) is 9.69 Å². The zero-order valence-corrected chi connectivity index (χ0v) is 19.0. The van der Waals surface area contributed by atoms with Gasteiger partial charge in [0.2, 0.25) is 0 Å². The molecule has 0 unspecified atom stereocenters. The van der Waals surface area contributed by atoms with Crippen molar-refractivity contribution >= 4 is 5.97 Å². The van der Waals surface area contributed by atoms with Crippen molar-refractivity contribution in [3.8, 4) is 11.5 Å². The van der Waals surface area contributed by atoms with E-state index in [0.29, 0.717) is 17.6 Å². The lowest BCUT2D eigenvalue weighted by Gasteiger charge is -2.50. The number of phenols is 1. The van der Waals surface area contributed by atoms with Crippen LogP contribution in [0.3, 0.4) is 0 Å². The Bertz CT molecular complexity index is 911. The summed E-state index contributed by atoms with van der Waals surface area (Å²) in [5.74, 6) is 1.45. The molecule has 1 saturated heterocycles. The second-order valence-electron chi connectivity index (χ2n) is 10.5. The number of rotatable bonds is 3. The molecule has 0 radical (unpaired) electrons. The van der Waals surface area contributed by atoms with E-state index in [4.69, 9.17) is 9.47 Å². The number of nitrogens with zero attached hydrogens (tertiary/aromatic N) is 1. The van der Waals surface area contributed by atoms with E-state index in [0.717, 1.165) is 38.8 Å².